The van der Waals surface area contributed by atoms with Gasteiger partial charge in [0.15, 0.2) is 0 Å². The normalized spacial score (nSPS) is 17.7. The van der Waals surface area contributed by atoms with Gasteiger partial charge in [-0.15, -0.1) is 0 Å². The van der Waals surface area contributed by atoms with Crippen LogP contribution in [-0.2, 0) is 4.84 Å². The van der Waals surface area contributed by atoms with Gasteiger partial charge in [0.05, 0.1) is 0 Å². The van der Waals surface area contributed by atoms with E-state index in [9.17, 15) is 4.79 Å². The average molecular weight is 144 g/mol. The molecule has 4 heteroatoms. The predicted molar refractivity (Wildman–Crippen MR) is 36.3 cm³/mol. The first-order valence-electron chi connectivity index (χ1n) is 3.47. The number of nitrogens with one attached hydrogen (secondary N) is 2. The molecule has 0 aromatic carbocycles. The highest BCUT2D eigenvalue weighted by atomic mass is 16.7. The summed E-state index contributed by atoms with van der Waals surface area (Å²) < 4.78 is 0. The van der Waals surface area contributed by atoms with Gasteiger partial charge in [-0.3, -0.25) is 0 Å². The molecule has 0 bridgehead atoms. The molecular weight excluding hydrogens is 132 g/mol. The Bertz CT molecular complexity index is 123. The zero-order chi connectivity index (χ0) is 7.40. The minimum atomic E-state index is -0.382. The minimum Gasteiger partial charge on any atom is -0.354 e. The molecule has 0 aliphatic heterocycles. The highest BCUT2D eigenvalue weighted by Crippen LogP contribution is 2.17. The van der Waals surface area contributed by atoms with E-state index in [2.05, 4.69) is 15.6 Å². The van der Waals surface area contributed by atoms with Crippen molar-refractivity contribution in [3.63, 3.8) is 0 Å². The summed E-state index contributed by atoms with van der Waals surface area (Å²) in [4.78, 5) is 15.1. The number of hydroxylamine groups is 1. The van der Waals surface area contributed by atoms with Crippen LogP contribution in [0, 0.1) is 0 Å². The van der Waals surface area contributed by atoms with Crippen molar-refractivity contribution >= 4 is 6.09 Å². The lowest BCUT2D eigenvalue weighted by Crippen LogP contribution is -2.41. The molecule has 1 fully saturated rings. The molecule has 1 aliphatic carbocycles. The fraction of sp³-hybridized carbons (Fsp3) is 0.833. The molecule has 4 nitrogen and oxygen atoms in total. The van der Waals surface area contributed by atoms with Crippen molar-refractivity contribution in [1.82, 2.24) is 10.8 Å². The van der Waals surface area contributed by atoms with E-state index in [0.717, 1.165) is 12.8 Å². The molecule has 0 aromatic rings. The maximum absolute atomic E-state index is 10.7. The molecule has 1 rings (SSSR count). The molecule has 2 N–H and O–H groups in total. The number of hydrogen-bond acceptors (Lipinski definition) is 3. The summed E-state index contributed by atoms with van der Waals surface area (Å²) in [6.45, 7) is 0. The number of amides is 1. The number of carbonyl (C=O) groups is 1. The Morgan fingerprint density at radius 2 is 2.30 bits per heavy atom. The zero-order valence-corrected chi connectivity index (χ0v) is 6.02. The Hall–Kier alpha value is -0.770. The van der Waals surface area contributed by atoms with Crippen molar-refractivity contribution < 1.29 is 9.63 Å². The van der Waals surface area contributed by atoms with E-state index in [4.69, 9.17) is 0 Å². The summed E-state index contributed by atoms with van der Waals surface area (Å²) >= 11 is 0. The molecule has 1 saturated carbocycles. The molecule has 0 unspecified atom stereocenters. The van der Waals surface area contributed by atoms with E-state index in [1.165, 1.54) is 6.42 Å². The van der Waals surface area contributed by atoms with Gasteiger partial charge in [0.25, 0.3) is 0 Å². The molecule has 0 spiro atoms. The molecule has 10 heavy (non-hydrogen) atoms. The first-order chi connectivity index (χ1) is 4.83. The Balaban J connectivity index is 2.05. The largest absolute Gasteiger partial charge is 0.426 e. The Morgan fingerprint density at radius 1 is 1.60 bits per heavy atom. The van der Waals surface area contributed by atoms with Crippen molar-refractivity contribution in [2.45, 2.75) is 25.3 Å². The lowest BCUT2D eigenvalue weighted by molar-refractivity contribution is 0.0951. The van der Waals surface area contributed by atoms with E-state index < -0.39 is 0 Å². The van der Waals surface area contributed by atoms with Gasteiger partial charge < -0.3 is 10.2 Å². The van der Waals surface area contributed by atoms with Crippen LogP contribution in [0.1, 0.15) is 19.3 Å². The van der Waals surface area contributed by atoms with E-state index >= 15 is 0 Å². The van der Waals surface area contributed by atoms with Crippen LogP contribution in [0.4, 0.5) is 4.79 Å². The summed E-state index contributed by atoms with van der Waals surface area (Å²) in [5.74, 6) is 0. The zero-order valence-electron chi connectivity index (χ0n) is 6.02. The van der Waals surface area contributed by atoms with Gasteiger partial charge in [0.2, 0.25) is 0 Å². The number of rotatable bonds is 2. The third-order valence-electron chi connectivity index (χ3n) is 1.62. The van der Waals surface area contributed by atoms with Crippen LogP contribution < -0.4 is 10.8 Å². The Labute approximate surface area is 59.9 Å². The third-order valence-corrected chi connectivity index (χ3v) is 1.62. The summed E-state index contributed by atoms with van der Waals surface area (Å²) in [6.07, 6.45) is 2.99. The van der Waals surface area contributed by atoms with Gasteiger partial charge in [-0.2, -0.15) is 5.48 Å². The van der Waals surface area contributed by atoms with E-state index in [1.54, 1.807) is 7.05 Å². The van der Waals surface area contributed by atoms with Gasteiger partial charge in [-0.25, -0.2) is 4.79 Å². The standard InChI is InChI=1S/C6H12N2O2/c1-7-10-6(9)8-5-3-2-4-5/h5,7H,2-4H2,1H3,(H,8,9). The van der Waals surface area contributed by atoms with Crippen molar-refractivity contribution in [3.8, 4) is 0 Å². The molecule has 0 radical (unpaired) electrons. The first-order valence-corrected chi connectivity index (χ1v) is 3.47. The first kappa shape index (κ1) is 7.34. The smallest absolute Gasteiger partial charge is 0.354 e. The Kier molecular flexibility index (Phi) is 2.50. The van der Waals surface area contributed by atoms with Crippen LogP contribution in [0.2, 0.25) is 0 Å². The topological polar surface area (TPSA) is 50.4 Å². The van der Waals surface area contributed by atoms with Gasteiger partial charge in [-0.05, 0) is 19.3 Å². The second-order valence-electron chi connectivity index (χ2n) is 2.37. The SMILES string of the molecule is CNOC(=O)NC1CCC1. The summed E-state index contributed by atoms with van der Waals surface area (Å²) in [5, 5.41) is 2.69. The molecule has 1 amide bonds. The van der Waals surface area contributed by atoms with E-state index in [-0.39, 0.29) is 6.09 Å². The van der Waals surface area contributed by atoms with Crippen LogP contribution >= 0.6 is 0 Å². The van der Waals surface area contributed by atoms with Crippen LogP contribution in [0.25, 0.3) is 0 Å². The third kappa shape index (κ3) is 1.88. The summed E-state index contributed by atoms with van der Waals surface area (Å²) in [6, 6.07) is 0.348. The maximum atomic E-state index is 10.7. The molecule has 0 heterocycles. The lowest BCUT2D eigenvalue weighted by atomic mass is 9.93. The minimum absolute atomic E-state index is 0.348. The van der Waals surface area contributed by atoms with E-state index in [1.807, 2.05) is 0 Å². The van der Waals surface area contributed by atoms with Crippen LogP contribution in [0.3, 0.4) is 0 Å². The quantitative estimate of drug-likeness (QED) is 0.551. The highest BCUT2D eigenvalue weighted by molar-refractivity contribution is 5.67. The maximum Gasteiger partial charge on any atom is 0.426 e. The fourth-order valence-corrected chi connectivity index (χ4v) is 0.841. The van der Waals surface area contributed by atoms with Crippen molar-refractivity contribution in [2.75, 3.05) is 7.05 Å². The van der Waals surface area contributed by atoms with Crippen LogP contribution in [-0.4, -0.2) is 19.2 Å². The molecule has 1 aliphatic rings. The summed E-state index contributed by atoms with van der Waals surface area (Å²) in [5.41, 5.74) is 2.31. The monoisotopic (exact) mass is 144 g/mol. The molecule has 0 aromatic heterocycles. The Morgan fingerprint density at radius 3 is 2.70 bits per heavy atom. The van der Waals surface area contributed by atoms with E-state index in [0.29, 0.717) is 6.04 Å². The predicted octanol–water partition coefficient (Wildman–Crippen LogP) is 0.399. The number of hydrogen-bond donors (Lipinski definition) is 2. The van der Waals surface area contributed by atoms with Gasteiger partial charge in [0.1, 0.15) is 0 Å². The van der Waals surface area contributed by atoms with Crippen LogP contribution in [0.15, 0.2) is 0 Å². The number of carbonyl (C=O) groups excluding carboxylic acids is 1. The molecular formula is C6H12N2O2. The van der Waals surface area contributed by atoms with Crippen molar-refractivity contribution in [3.05, 3.63) is 0 Å². The average Bonchev–Trinajstić information content (AvgIpc) is 1.80. The van der Waals surface area contributed by atoms with Gasteiger partial charge >= 0.3 is 6.09 Å². The highest BCUT2D eigenvalue weighted by Gasteiger charge is 2.19. The van der Waals surface area contributed by atoms with Gasteiger partial charge in [0, 0.05) is 13.1 Å². The summed E-state index contributed by atoms with van der Waals surface area (Å²) in [7, 11) is 1.56. The van der Waals surface area contributed by atoms with Crippen LogP contribution in [0.5, 0.6) is 0 Å². The second kappa shape index (κ2) is 3.41. The molecule has 0 saturated heterocycles. The second-order valence-corrected chi connectivity index (χ2v) is 2.37. The molecule has 0 atom stereocenters. The fourth-order valence-electron chi connectivity index (χ4n) is 0.841. The molecule has 58 valence electrons. The van der Waals surface area contributed by atoms with Crippen molar-refractivity contribution in [2.24, 2.45) is 0 Å². The van der Waals surface area contributed by atoms with Crippen molar-refractivity contribution in [1.29, 1.82) is 0 Å². The lowest BCUT2D eigenvalue weighted by Gasteiger charge is -2.25. The van der Waals surface area contributed by atoms with Gasteiger partial charge in [-0.1, -0.05) is 0 Å².